The number of hydrogen-bond acceptors (Lipinski definition) is 6. The van der Waals surface area contributed by atoms with Crippen molar-refractivity contribution in [1.82, 2.24) is 19.1 Å². The second-order valence-electron chi connectivity index (χ2n) is 5.65. The fraction of sp³-hybridized carbons (Fsp3) is 0.176. The molecule has 0 atom stereocenters. The Morgan fingerprint density at radius 3 is 2.58 bits per heavy atom. The number of carbonyl (C=O) groups excluding carboxylic acids is 1. The molecule has 0 aliphatic carbocycles. The Hall–Kier alpha value is -3.07. The Labute approximate surface area is 152 Å². The van der Waals surface area contributed by atoms with Gasteiger partial charge in [0.2, 0.25) is 0 Å². The number of nitrogens with zero attached hydrogens (tertiary/aromatic N) is 3. The highest BCUT2D eigenvalue weighted by molar-refractivity contribution is 7.99. The van der Waals surface area contributed by atoms with Crippen LogP contribution in [0.2, 0.25) is 0 Å². The zero-order chi connectivity index (χ0) is 18.8. The molecule has 3 N–H and O–H groups in total. The molecule has 0 radical (unpaired) electrons. The molecule has 134 valence electrons. The van der Waals surface area contributed by atoms with Gasteiger partial charge >= 0.3 is 5.69 Å². The molecule has 1 aromatic carbocycles. The first-order valence-electron chi connectivity index (χ1n) is 7.72. The summed E-state index contributed by atoms with van der Waals surface area (Å²) in [4.78, 5) is 43.9. The molecule has 8 nitrogen and oxygen atoms in total. The first kappa shape index (κ1) is 17.7. The van der Waals surface area contributed by atoms with E-state index in [0.717, 1.165) is 32.2 Å². The van der Waals surface area contributed by atoms with Crippen LogP contribution in [0.15, 0.2) is 51.3 Å². The van der Waals surface area contributed by atoms with E-state index in [4.69, 9.17) is 5.73 Å². The molecular formula is C17H17N5O3S. The minimum Gasteiger partial charge on any atom is -0.384 e. The number of ketones is 1. The molecule has 0 unspecified atom stereocenters. The highest BCUT2D eigenvalue weighted by atomic mass is 32.2. The highest BCUT2D eigenvalue weighted by Crippen LogP contribution is 2.22. The van der Waals surface area contributed by atoms with Crippen molar-refractivity contribution in [2.45, 2.75) is 5.16 Å². The highest BCUT2D eigenvalue weighted by Gasteiger charge is 2.20. The van der Waals surface area contributed by atoms with Crippen molar-refractivity contribution in [3.05, 3.63) is 62.9 Å². The summed E-state index contributed by atoms with van der Waals surface area (Å²) in [5.41, 5.74) is 6.16. The Balaban J connectivity index is 1.80. The van der Waals surface area contributed by atoms with Crippen molar-refractivity contribution in [3.8, 4) is 11.3 Å². The van der Waals surface area contributed by atoms with E-state index < -0.39 is 17.0 Å². The van der Waals surface area contributed by atoms with E-state index >= 15 is 0 Å². The van der Waals surface area contributed by atoms with Crippen molar-refractivity contribution in [2.75, 3.05) is 11.5 Å². The molecule has 0 fully saturated rings. The van der Waals surface area contributed by atoms with Crippen LogP contribution < -0.4 is 17.0 Å². The number of hydrogen-bond donors (Lipinski definition) is 2. The lowest BCUT2D eigenvalue weighted by Crippen LogP contribution is -2.41. The van der Waals surface area contributed by atoms with Gasteiger partial charge in [-0.3, -0.25) is 18.7 Å². The lowest BCUT2D eigenvalue weighted by molar-refractivity contribution is 0.102. The Morgan fingerprint density at radius 2 is 1.88 bits per heavy atom. The molecule has 0 saturated carbocycles. The van der Waals surface area contributed by atoms with Crippen LogP contribution in [0.1, 0.15) is 10.4 Å². The minimum atomic E-state index is -0.694. The molecule has 0 aliphatic rings. The Bertz CT molecular complexity index is 1080. The summed E-state index contributed by atoms with van der Waals surface area (Å²) in [5, 5.41) is 0.553. The summed E-state index contributed by atoms with van der Waals surface area (Å²) in [6.45, 7) is 0. The fourth-order valence-electron chi connectivity index (χ4n) is 2.47. The third kappa shape index (κ3) is 3.21. The largest absolute Gasteiger partial charge is 0.384 e. The van der Waals surface area contributed by atoms with E-state index in [0.29, 0.717) is 5.16 Å². The SMILES string of the molecule is Cn1c(N)c(C(=O)CSc2ncc(-c3ccccc3)[nH]2)c(=O)n(C)c1=O. The third-order valence-electron chi connectivity index (χ3n) is 3.97. The van der Waals surface area contributed by atoms with Crippen LogP contribution in [0, 0.1) is 0 Å². The van der Waals surface area contributed by atoms with Gasteiger partial charge in [-0.1, -0.05) is 42.1 Å². The molecule has 2 heterocycles. The van der Waals surface area contributed by atoms with E-state index in [1.807, 2.05) is 30.3 Å². The monoisotopic (exact) mass is 371 g/mol. The van der Waals surface area contributed by atoms with Crippen LogP contribution in [0.3, 0.4) is 0 Å². The van der Waals surface area contributed by atoms with Crippen LogP contribution >= 0.6 is 11.8 Å². The number of nitrogens with one attached hydrogen (secondary N) is 1. The molecule has 3 rings (SSSR count). The average molecular weight is 371 g/mol. The zero-order valence-electron chi connectivity index (χ0n) is 14.2. The minimum absolute atomic E-state index is 0.0284. The van der Waals surface area contributed by atoms with E-state index in [1.54, 1.807) is 6.20 Å². The van der Waals surface area contributed by atoms with Crippen molar-refractivity contribution in [1.29, 1.82) is 0 Å². The summed E-state index contributed by atoms with van der Waals surface area (Å²) < 4.78 is 1.95. The zero-order valence-corrected chi connectivity index (χ0v) is 15.0. The molecule has 0 saturated heterocycles. The molecule has 0 spiro atoms. The third-order valence-corrected chi connectivity index (χ3v) is 4.85. The Morgan fingerprint density at radius 1 is 1.19 bits per heavy atom. The summed E-state index contributed by atoms with van der Waals surface area (Å²) >= 11 is 1.16. The number of Topliss-reactive ketones (excluding diaryl/α,β-unsaturated/α-hetero) is 1. The molecule has 26 heavy (non-hydrogen) atoms. The quantitative estimate of drug-likeness (QED) is 0.511. The smallest absolute Gasteiger partial charge is 0.332 e. The molecule has 3 aromatic rings. The number of imidazole rings is 1. The van der Waals surface area contributed by atoms with Gasteiger partial charge in [0, 0.05) is 14.1 Å². The van der Waals surface area contributed by atoms with Gasteiger partial charge < -0.3 is 10.7 Å². The predicted molar refractivity (Wildman–Crippen MR) is 100 cm³/mol. The summed E-state index contributed by atoms with van der Waals surface area (Å²) in [6, 6.07) is 9.66. The predicted octanol–water partition coefficient (Wildman–Crippen LogP) is 1.03. The maximum atomic E-state index is 12.5. The standard InChI is InChI=1S/C17H17N5O3S/c1-21-14(18)13(15(24)22(2)17(21)25)12(23)9-26-16-19-8-11(20-16)10-6-4-3-5-7-10/h3-8H,9,18H2,1-2H3,(H,19,20). The number of aromatic amines is 1. The van der Waals surface area contributed by atoms with Crippen molar-refractivity contribution in [3.63, 3.8) is 0 Å². The number of rotatable bonds is 5. The normalized spacial score (nSPS) is 10.8. The van der Waals surface area contributed by atoms with Crippen molar-refractivity contribution < 1.29 is 4.79 Å². The second kappa shape index (κ2) is 7.04. The van der Waals surface area contributed by atoms with Crippen LogP contribution in [-0.2, 0) is 14.1 Å². The van der Waals surface area contributed by atoms with E-state index in [-0.39, 0.29) is 17.1 Å². The van der Waals surface area contributed by atoms with Gasteiger partial charge in [-0.2, -0.15) is 0 Å². The average Bonchev–Trinajstić information content (AvgIpc) is 3.13. The maximum Gasteiger partial charge on any atom is 0.332 e. The number of thioether (sulfide) groups is 1. The molecule has 0 amide bonds. The van der Waals surface area contributed by atoms with Gasteiger partial charge in [0.15, 0.2) is 10.9 Å². The number of anilines is 1. The van der Waals surface area contributed by atoms with Gasteiger partial charge in [0.1, 0.15) is 11.4 Å². The van der Waals surface area contributed by atoms with Gasteiger partial charge in [0.05, 0.1) is 17.6 Å². The van der Waals surface area contributed by atoms with Crippen LogP contribution in [0.4, 0.5) is 5.82 Å². The van der Waals surface area contributed by atoms with Crippen LogP contribution in [-0.4, -0.2) is 30.6 Å². The molecule has 0 bridgehead atoms. The van der Waals surface area contributed by atoms with E-state index in [9.17, 15) is 14.4 Å². The van der Waals surface area contributed by atoms with E-state index in [2.05, 4.69) is 9.97 Å². The Kier molecular flexibility index (Phi) is 4.81. The number of aromatic nitrogens is 4. The van der Waals surface area contributed by atoms with Gasteiger partial charge in [-0.15, -0.1) is 0 Å². The maximum absolute atomic E-state index is 12.5. The van der Waals surface area contributed by atoms with Gasteiger partial charge in [0.25, 0.3) is 5.56 Å². The van der Waals surface area contributed by atoms with Crippen molar-refractivity contribution >= 4 is 23.4 Å². The number of carbonyl (C=O) groups is 1. The lowest BCUT2D eigenvalue weighted by Gasteiger charge is -2.10. The van der Waals surface area contributed by atoms with Gasteiger partial charge in [-0.05, 0) is 5.56 Å². The fourth-order valence-corrected chi connectivity index (χ4v) is 3.19. The molecule has 2 aromatic heterocycles. The van der Waals surface area contributed by atoms with Crippen LogP contribution in [0.5, 0.6) is 0 Å². The van der Waals surface area contributed by atoms with E-state index in [1.165, 1.54) is 14.1 Å². The second-order valence-corrected chi connectivity index (χ2v) is 6.61. The first-order valence-corrected chi connectivity index (χ1v) is 8.70. The number of benzene rings is 1. The number of nitrogens with two attached hydrogens (primary N) is 1. The summed E-state index contributed by atoms with van der Waals surface area (Å²) in [6.07, 6.45) is 1.68. The number of H-pyrrole nitrogens is 1. The molecular weight excluding hydrogens is 354 g/mol. The van der Waals surface area contributed by atoms with Crippen molar-refractivity contribution in [2.24, 2.45) is 14.1 Å². The summed E-state index contributed by atoms with van der Waals surface area (Å²) in [7, 11) is 2.73. The summed E-state index contributed by atoms with van der Waals surface area (Å²) in [5.74, 6) is -0.617. The number of nitrogen functional groups attached to an aromatic ring is 1. The van der Waals surface area contributed by atoms with Crippen LogP contribution in [0.25, 0.3) is 11.3 Å². The van der Waals surface area contributed by atoms with Gasteiger partial charge in [-0.25, -0.2) is 9.78 Å². The first-order chi connectivity index (χ1) is 12.4. The molecule has 9 heteroatoms. The topological polar surface area (TPSA) is 116 Å². The lowest BCUT2D eigenvalue weighted by atomic mass is 10.2. The molecule has 0 aliphatic heterocycles.